The zero-order chi connectivity index (χ0) is 13.8. The highest BCUT2D eigenvalue weighted by Gasteiger charge is 2.26. The first-order valence-corrected chi connectivity index (χ1v) is 7.01. The largest absolute Gasteiger partial charge is 0.469 e. The van der Waals surface area contributed by atoms with Gasteiger partial charge in [0.25, 0.3) is 0 Å². The molecule has 1 saturated carbocycles. The molecule has 0 aromatic heterocycles. The summed E-state index contributed by atoms with van der Waals surface area (Å²) in [5.41, 5.74) is 3.79. The number of methoxy groups -OCH3 is 1. The minimum atomic E-state index is -0.0510. The van der Waals surface area contributed by atoms with Crippen LogP contribution in [-0.2, 0) is 9.53 Å². The Labute approximate surface area is 115 Å². The lowest BCUT2D eigenvalue weighted by molar-refractivity contribution is -0.146. The van der Waals surface area contributed by atoms with Crippen LogP contribution in [0.3, 0.4) is 0 Å². The van der Waals surface area contributed by atoms with E-state index in [4.69, 9.17) is 4.74 Å². The van der Waals surface area contributed by atoms with Gasteiger partial charge in [0.2, 0.25) is 0 Å². The van der Waals surface area contributed by atoms with Gasteiger partial charge in [0.05, 0.1) is 13.0 Å². The average molecular weight is 261 g/mol. The Morgan fingerprint density at radius 1 is 1.21 bits per heavy atom. The van der Waals surface area contributed by atoms with Gasteiger partial charge in [-0.3, -0.25) is 4.79 Å². The SMILES string of the molecule is COC(=O)C1CCC(Nc2ccc(C)cc2C)CC1. The molecule has 0 radical (unpaired) electrons. The molecule has 2 rings (SSSR count). The van der Waals surface area contributed by atoms with E-state index in [1.807, 2.05) is 0 Å². The highest BCUT2D eigenvalue weighted by atomic mass is 16.5. The summed E-state index contributed by atoms with van der Waals surface area (Å²) in [6.07, 6.45) is 3.92. The third-order valence-electron chi connectivity index (χ3n) is 4.00. The van der Waals surface area contributed by atoms with Crippen LogP contribution in [0.15, 0.2) is 18.2 Å². The Kier molecular flexibility index (Phi) is 4.46. The summed E-state index contributed by atoms with van der Waals surface area (Å²) in [6.45, 7) is 4.24. The van der Waals surface area contributed by atoms with E-state index in [-0.39, 0.29) is 11.9 Å². The number of nitrogens with one attached hydrogen (secondary N) is 1. The van der Waals surface area contributed by atoms with Gasteiger partial charge in [-0.2, -0.15) is 0 Å². The minimum Gasteiger partial charge on any atom is -0.469 e. The molecule has 1 N–H and O–H groups in total. The normalized spacial score (nSPS) is 22.9. The molecule has 1 aromatic rings. The number of rotatable bonds is 3. The number of benzene rings is 1. The Morgan fingerprint density at radius 2 is 1.89 bits per heavy atom. The van der Waals surface area contributed by atoms with Crippen molar-refractivity contribution in [3.63, 3.8) is 0 Å². The van der Waals surface area contributed by atoms with E-state index in [0.717, 1.165) is 25.7 Å². The molecule has 1 aromatic carbocycles. The molecular formula is C16H23NO2. The van der Waals surface area contributed by atoms with Gasteiger partial charge in [-0.1, -0.05) is 17.7 Å². The fourth-order valence-electron chi connectivity index (χ4n) is 2.84. The van der Waals surface area contributed by atoms with Crippen LogP contribution in [0, 0.1) is 19.8 Å². The van der Waals surface area contributed by atoms with Crippen molar-refractivity contribution in [3.8, 4) is 0 Å². The number of esters is 1. The molecule has 0 bridgehead atoms. The zero-order valence-electron chi connectivity index (χ0n) is 12.0. The van der Waals surface area contributed by atoms with Crippen LogP contribution in [0.1, 0.15) is 36.8 Å². The molecule has 104 valence electrons. The summed E-state index contributed by atoms with van der Waals surface area (Å²) in [4.78, 5) is 11.5. The van der Waals surface area contributed by atoms with Gasteiger partial charge >= 0.3 is 5.97 Å². The molecule has 1 aliphatic rings. The Morgan fingerprint density at radius 3 is 2.47 bits per heavy atom. The summed E-state index contributed by atoms with van der Waals surface area (Å²) in [7, 11) is 1.47. The van der Waals surface area contributed by atoms with E-state index in [2.05, 4.69) is 37.4 Å². The average Bonchev–Trinajstić information content (AvgIpc) is 2.42. The fourth-order valence-corrected chi connectivity index (χ4v) is 2.84. The standard InChI is InChI=1S/C16H23NO2/c1-11-4-9-15(12(2)10-11)17-14-7-5-13(6-8-14)16(18)19-3/h4,9-10,13-14,17H,5-8H2,1-3H3. The smallest absolute Gasteiger partial charge is 0.308 e. The molecule has 1 aliphatic carbocycles. The second-order valence-corrected chi connectivity index (χ2v) is 5.53. The molecule has 0 heterocycles. The molecule has 1 fully saturated rings. The summed E-state index contributed by atoms with van der Waals surface area (Å²) < 4.78 is 4.82. The Bertz CT molecular complexity index is 448. The maximum Gasteiger partial charge on any atom is 0.308 e. The summed E-state index contributed by atoms with van der Waals surface area (Å²) in [5.74, 6) is 0.0483. The second-order valence-electron chi connectivity index (χ2n) is 5.53. The van der Waals surface area contributed by atoms with Crippen LogP contribution in [0.2, 0.25) is 0 Å². The molecule has 0 atom stereocenters. The second kappa shape index (κ2) is 6.09. The van der Waals surface area contributed by atoms with Crippen molar-refractivity contribution in [2.24, 2.45) is 5.92 Å². The van der Waals surface area contributed by atoms with Crippen molar-refractivity contribution in [2.45, 2.75) is 45.6 Å². The van der Waals surface area contributed by atoms with Crippen LogP contribution in [0.4, 0.5) is 5.69 Å². The number of hydrogen-bond acceptors (Lipinski definition) is 3. The van der Waals surface area contributed by atoms with Gasteiger partial charge in [-0.25, -0.2) is 0 Å². The first kappa shape index (κ1) is 13.9. The van der Waals surface area contributed by atoms with Crippen molar-refractivity contribution in [1.82, 2.24) is 0 Å². The summed E-state index contributed by atoms with van der Waals surface area (Å²) in [6, 6.07) is 6.96. The van der Waals surface area contributed by atoms with E-state index in [0.29, 0.717) is 6.04 Å². The predicted molar refractivity (Wildman–Crippen MR) is 77.3 cm³/mol. The minimum absolute atomic E-state index is 0.0510. The molecule has 0 unspecified atom stereocenters. The lowest BCUT2D eigenvalue weighted by Crippen LogP contribution is -2.30. The molecule has 0 aliphatic heterocycles. The van der Waals surface area contributed by atoms with Gasteiger partial charge in [0.15, 0.2) is 0 Å². The van der Waals surface area contributed by atoms with Crippen molar-refractivity contribution in [1.29, 1.82) is 0 Å². The van der Waals surface area contributed by atoms with Crippen LogP contribution in [0.25, 0.3) is 0 Å². The van der Waals surface area contributed by atoms with Crippen molar-refractivity contribution in [2.75, 3.05) is 12.4 Å². The fraction of sp³-hybridized carbons (Fsp3) is 0.562. The molecule has 0 saturated heterocycles. The zero-order valence-corrected chi connectivity index (χ0v) is 12.0. The van der Waals surface area contributed by atoms with Gasteiger partial charge < -0.3 is 10.1 Å². The summed E-state index contributed by atoms with van der Waals surface area (Å²) in [5, 5.41) is 3.60. The maximum absolute atomic E-state index is 11.5. The van der Waals surface area contributed by atoms with Crippen LogP contribution in [-0.4, -0.2) is 19.1 Å². The van der Waals surface area contributed by atoms with Gasteiger partial charge in [-0.15, -0.1) is 0 Å². The van der Waals surface area contributed by atoms with E-state index in [1.54, 1.807) is 0 Å². The highest BCUT2D eigenvalue weighted by Crippen LogP contribution is 2.28. The number of carbonyl (C=O) groups is 1. The topological polar surface area (TPSA) is 38.3 Å². The molecule has 19 heavy (non-hydrogen) atoms. The number of carbonyl (C=O) groups excluding carboxylic acids is 1. The van der Waals surface area contributed by atoms with Crippen molar-refractivity contribution in [3.05, 3.63) is 29.3 Å². The Balaban J connectivity index is 1.90. The molecule has 3 nitrogen and oxygen atoms in total. The third-order valence-corrected chi connectivity index (χ3v) is 4.00. The lowest BCUT2D eigenvalue weighted by atomic mass is 9.86. The number of hydrogen-bond donors (Lipinski definition) is 1. The van der Waals surface area contributed by atoms with Crippen LogP contribution >= 0.6 is 0 Å². The van der Waals surface area contributed by atoms with Crippen molar-refractivity contribution >= 4 is 11.7 Å². The number of anilines is 1. The lowest BCUT2D eigenvalue weighted by Gasteiger charge is -2.28. The van der Waals surface area contributed by atoms with E-state index in [1.165, 1.54) is 23.9 Å². The quantitative estimate of drug-likeness (QED) is 0.847. The van der Waals surface area contributed by atoms with Gasteiger partial charge in [-0.05, 0) is 51.2 Å². The van der Waals surface area contributed by atoms with E-state index in [9.17, 15) is 4.79 Å². The maximum atomic E-state index is 11.5. The predicted octanol–water partition coefficient (Wildman–Crippen LogP) is 3.45. The third kappa shape index (κ3) is 3.49. The van der Waals surface area contributed by atoms with E-state index >= 15 is 0 Å². The number of aryl methyl sites for hydroxylation is 2. The highest BCUT2D eigenvalue weighted by molar-refractivity contribution is 5.72. The monoisotopic (exact) mass is 261 g/mol. The van der Waals surface area contributed by atoms with E-state index < -0.39 is 0 Å². The molecule has 0 spiro atoms. The van der Waals surface area contributed by atoms with Crippen LogP contribution < -0.4 is 5.32 Å². The molecule has 3 heteroatoms. The first-order valence-electron chi connectivity index (χ1n) is 7.01. The van der Waals surface area contributed by atoms with Crippen LogP contribution in [0.5, 0.6) is 0 Å². The first-order chi connectivity index (χ1) is 9.10. The van der Waals surface area contributed by atoms with Crippen molar-refractivity contribution < 1.29 is 9.53 Å². The molecular weight excluding hydrogens is 238 g/mol. The molecule has 0 amide bonds. The van der Waals surface area contributed by atoms with Gasteiger partial charge in [0.1, 0.15) is 0 Å². The Hall–Kier alpha value is -1.51. The van der Waals surface area contributed by atoms with Gasteiger partial charge in [0, 0.05) is 11.7 Å². The summed E-state index contributed by atoms with van der Waals surface area (Å²) >= 11 is 0. The number of ether oxygens (including phenoxy) is 1.